The first-order valence-corrected chi connectivity index (χ1v) is 10.8. The van der Waals surface area contributed by atoms with E-state index in [-0.39, 0.29) is 36.8 Å². The lowest BCUT2D eigenvalue weighted by molar-refractivity contribution is -0.174. The van der Waals surface area contributed by atoms with E-state index in [1.54, 1.807) is 21.8 Å². The van der Waals surface area contributed by atoms with Crippen molar-refractivity contribution in [2.75, 3.05) is 18.4 Å². The molecule has 1 N–H and O–H groups in total. The van der Waals surface area contributed by atoms with Crippen molar-refractivity contribution in [3.8, 4) is 0 Å². The standard InChI is InChI=1S/C21H29F3N6O/c1-13(2)16-8-18(21(22,23)24)30-19(26-16)9-17(27-30)15-4-6-28(7-5-15)20(31)12-29-11-14(3)10-25-29/h9-11,13,15-16,18,26H,4-8,12H2,1-3H3/t16-,18+/m0/s1. The zero-order valence-corrected chi connectivity index (χ0v) is 18.1. The largest absolute Gasteiger partial charge is 0.410 e. The van der Waals surface area contributed by atoms with Crippen LogP contribution < -0.4 is 5.32 Å². The minimum atomic E-state index is -4.34. The Morgan fingerprint density at radius 2 is 2.00 bits per heavy atom. The molecule has 0 aliphatic carbocycles. The molecule has 4 rings (SSSR count). The molecule has 2 atom stereocenters. The van der Waals surface area contributed by atoms with Crippen LogP contribution in [0.25, 0.3) is 0 Å². The number of carbonyl (C=O) groups is 1. The molecule has 2 aromatic rings. The van der Waals surface area contributed by atoms with Gasteiger partial charge >= 0.3 is 6.18 Å². The van der Waals surface area contributed by atoms with Crippen molar-refractivity contribution in [1.29, 1.82) is 0 Å². The van der Waals surface area contributed by atoms with Gasteiger partial charge in [-0.1, -0.05) is 13.8 Å². The maximum atomic E-state index is 13.7. The molecule has 10 heteroatoms. The van der Waals surface area contributed by atoms with Crippen LogP contribution in [0.1, 0.15) is 56.3 Å². The molecule has 170 valence electrons. The summed E-state index contributed by atoms with van der Waals surface area (Å²) in [6.45, 7) is 7.11. The fourth-order valence-electron chi connectivity index (χ4n) is 4.48. The van der Waals surface area contributed by atoms with Gasteiger partial charge in [0.2, 0.25) is 5.91 Å². The van der Waals surface area contributed by atoms with Gasteiger partial charge in [-0.15, -0.1) is 0 Å². The predicted molar refractivity (Wildman–Crippen MR) is 110 cm³/mol. The van der Waals surface area contributed by atoms with Gasteiger partial charge in [0.15, 0.2) is 6.04 Å². The molecule has 0 spiro atoms. The highest BCUT2D eigenvalue weighted by atomic mass is 19.4. The minimum Gasteiger partial charge on any atom is -0.367 e. The lowest BCUT2D eigenvalue weighted by atomic mass is 9.93. The maximum Gasteiger partial charge on any atom is 0.410 e. The molecule has 2 aromatic heterocycles. The fraction of sp³-hybridized carbons (Fsp3) is 0.667. The topological polar surface area (TPSA) is 68.0 Å². The molecular weight excluding hydrogens is 409 g/mol. The number of carbonyl (C=O) groups excluding carboxylic acids is 1. The van der Waals surface area contributed by atoms with E-state index in [9.17, 15) is 18.0 Å². The van der Waals surface area contributed by atoms with Gasteiger partial charge in [0.25, 0.3) is 0 Å². The van der Waals surface area contributed by atoms with Crippen molar-refractivity contribution in [2.45, 2.75) is 70.8 Å². The average molecular weight is 438 g/mol. The Morgan fingerprint density at radius 1 is 1.29 bits per heavy atom. The number of fused-ring (bicyclic) bond motifs is 1. The molecule has 31 heavy (non-hydrogen) atoms. The summed E-state index contributed by atoms with van der Waals surface area (Å²) in [6.07, 6.45) is 0.555. The summed E-state index contributed by atoms with van der Waals surface area (Å²) in [5, 5.41) is 11.8. The number of amides is 1. The van der Waals surface area contributed by atoms with E-state index >= 15 is 0 Å². The lowest BCUT2D eigenvalue weighted by Gasteiger charge is -2.35. The molecule has 2 aliphatic rings. The Balaban J connectivity index is 1.43. The monoisotopic (exact) mass is 438 g/mol. The van der Waals surface area contributed by atoms with Gasteiger partial charge in [-0.25, -0.2) is 4.68 Å². The average Bonchev–Trinajstić information content (AvgIpc) is 3.32. The highest BCUT2D eigenvalue weighted by molar-refractivity contribution is 5.76. The highest BCUT2D eigenvalue weighted by Gasteiger charge is 2.47. The summed E-state index contributed by atoms with van der Waals surface area (Å²) in [5.41, 5.74) is 1.68. The number of rotatable bonds is 4. The van der Waals surface area contributed by atoms with Crippen LogP contribution in [0.15, 0.2) is 18.5 Å². The predicted octanol–water partition coefficient (Wildman–Crippen LogP) is 3.74. The Labute approximate surface area is 179 Å². The fourth-order valence-corrected chi connectivity index (χ4v) is 4.48. The van der Waals surface area contributed by atoms with Crippen LogP contribution in [0.4, 0.5) is 19.0 Å². The summed E-state index contributed by atoms with van der Waals surface area (Å²) in [4.78, 5) is 14.3. The van der Waals surface area contributed by atoms with Crippen molar-refractivity contribution >= 4 is 11.7 Å². The molecule has 2 aliphatic heterocycles. The Hall–Kier alpha value is -2.52. The van der Waals surface area contributed by atoms with Crippen LogP contribution in [-0.2, 0) is 11.3 Å². The molecule has 7 nitrogen and oxygen atoms in total. The van der Waals surface area contributed by atoms with E-state index in [0.29, 0.717) is 37.4 Å². The molecule has 0 radical (unpaired) electrons. The molecule has 0 bridgehead atoms. The number of likely N-dealkylation sites (tertiary alicyclic amines) is 1. The second-order valence-corrected chi connectivity index (χ2v) is 9.06. The van der Waals surface area contributed by atoms with E-state index in [1.807, 2.05) is 27.0 Å². The number of hydrogen-bond donors (Lipinski definition) is 1. The molecule has 0 saturated carbocycles. The first-order valence-electron chi connectivity index (χ1n) is 10.8. The van der Waals surface area contributed by atoms with Gasteiger partial charge in [-0.3, -0.25) is 9.48 Å². The Bertz CT molecular complexity index is 926. The number of hydrogen-bond acceptors (Lipinski definition) is 4. The molecule has 1 fully saturated rings. The quantitative estimate of drug-likeness (QED) is 0.790. The van der Waals surface area contributed by atoms with Gasteiger partial charge in [-0.2, -0.15) is 23.4 Å². The van der Waals surface area contributed by atoms with Gasteiger partial charge in [-0.05, 0) is 37.7 Å². The van der Waals surface area contributed by atoms with Gasteiger partial charge < -0.3 is 10.2 Å². The zero-order chi connectivity index (χ0) is 22.3. The number of aryl methyl sites for hydroxylation is 1. The van der Waals surface area contributed by atoms with Crippen LogP contribution in [0.3, 0.4) is 0 Å². The molecule has 1 amide bonds. The van der Waals surface area contributed by atoms with Crippen LogP contribution in [0.5, 0.6) is 0 Å². The van der Waals surface area contributed by atoms with E-state index < -0.39 is 12.2 Å². The van der Waals surface area contributed by atoms with Crippen LogP contribution >= 0.6 is 0 Å². The van der Waals surface area contributed by atoms with Crippen molar-refractivity contribution < 1.29 is 18.0 Å². The number of anilines is 1. The second-order valence-electron chi connectivity index (χ2n) is 9.06. The normalized spacial score (nSPS) is 22.5. The third-order valence-electron chi connectivity index (χ3n) is 6.37. The van der Waals surface area contributed by atoms with Crippen molar-refractivity contribution in [1.82, 2.24) is 24.5 Å². The molecule has 0 aromatic carbocycles. The second kappa shape index (κ2) is 8.20. The number of aromatic nitrogens is 4. The SMILES string of the molecule is Cc1cnn(CC(=O)N2CCC(c3cc4n(n3)[C@@H](C(F)(F)F)C[C@@H](C(C)C)N4)CC2)c1. The maximum absolute atomic E-state index is 13.7. The minimum absolute atomic E-state index is 0.00395. The zero-order valence-electron chi connectivity index (χ0n) is 18.1. The summed E-state index contributed by atoms with van der Waals surface area (Å²) >= 11 is 0. The van der Waals surface area contributed by atoms with Crippen molar-refractivity contribution in [2.24, 2.45) is 5.92 Å². The molecular formula is C21H29F3N6O. The molecule has 4 heterocycles. The van der Waals surface area contributed by atoms with Gasteiger partial charge in [0.1, 0.15) is 12.4 Å². The van der Waals surface area contributed by atoms with Crippen LogP contribution in [-0.4, -0.2) is 55.7 Å². The Kier molecular flexibility index (Phi) is 5.74. The number of nitrogens with one attached hydrogen (secondary N) is 1. The van der Waals surface area contributed by atoms with E-state index in [0.717, 1.165) is 10.2 Å². The first-order chi connectivity index (χ1) is 14.6. The van der Waals surface area contributed by atoms with E-state index in [4.69, 9.17) is 0 Å². The third kappa shape index (κ3) is 4.57. The number of nitrogens with zero attached hydrogens (tertiary/aromatic N) is 5. The summed E-state index contributed by atoms with van der Waals surface area (Å²) in [6, 6.07) is -0.0831. The molecule has 1 saturated heterocycles. The van der Waals surface area contributed by atoms with Crippen molar-refractivity contribution in [3.63, 3.8) is 0 Å². The van der Waals surface area contributed by atoms with Gasteiger partial charge in [0, 0.05) is 37.3 Å². The summed E-state index contributed by atoms with van der Waals surface area (Å²) in [5.74, 6) is 0.575. The van der Waals surface area contributed by atoms with Crippen LogP contribution in [0, 0.1) is 12.8 Å². The van der Waals surface area contributed by atoms with Gasteiger partial charge in [0.05, 0.1) is 11.9 Å². The first kappa shape index (κ1) is 21.7. The lowest BCUT2D eigenvalue weighted by Crippen LogP contribution is -2.41. The number of halogens is 3. The number of piperidine rings is 1. The third-order valence-corrected chi connectivity index (χ3v) is 6.37. The Morgan fingerprint density at radius 3 is 2.58 bits per heavy atom. The number of alkyl halides is 3. The smallest absolute Gasteiger partial charge is 0.367 e. The van der Waals surface area contributed by atoms with E-state index in [1.165, 1.54) is 0 Å². The summed E-state index contributed by atoms with van der Waals surface area (Å²) < 4.78 is 43.8. The van der Waals surface area contributed by atoms with Crippen LogP contribution in [0.2, 0.25) is 0 Å². The highest BCUT2D eigenvalue weighted by Crippen LogP contribution is 2.42. The molecule has 0 unspecified atom stereocenters. The van der Waals surface area contributed by atoms with Crippen molar-refractivity contribution in [3.05, 3.63) is 29.7 Å². The summed E-state index contributed by atoms with van der Waals surface area (Å²) in [7, 11) is 0. The van der Waals surface area contributed by atoms with E-state index in [2.05, 4.69) is 15.5 Å².